The normalized spacial score (nSPS) is 29.8. The Labute approximate surface area is 72.5 Å². The van der Waals surface area contributed by atoms with Gasteiger partial charge >= 0.3 is 5.97 Å². The van der Waals surface area contributed by atoms with E-state index in [-0.39, 0.29) is 18.1 Å². The third-order valence-corrected chi connectivity index (χ3v) is 2.53. The number of ether oxygens (including phenoxy) is 1. The van der Waals surface area contributed by atoms with Crippen LogP contribution in [0.2, 0.25) is 0 Å². The lowest BCUT2D eigenvalue weighted by molar-refractivity contribution is -0.149. The zero-order chi connectivity index (χ0) is 8.39. The number of hydrogen-bond donors (Lipinski definition) is 1. The predicted octanol–water partition coefficient (Wildman–Crippen LogP) is 0.834. The van der Waals surface area contributed by atoms with Gasteiger partial charge in [-0.3, -0.25) is 4.79 Å². The Balaban J connectivity index is 1.73. The summed E-state index contributed by atoms with van der Waals surface area (Å²) in [6, 6.07) is 0.0203. The van der Waals surface area contributed by atoms with E-state index in [2.05, 4.69) is 5.32 Å². The zero-order valence-corrected chi connectivity index (χ0v) is 7.21. The Bertz CT molecular complexity index is 171. The van der Waals surface area contributed by atoms with E-state index in [9.17, 15) is 4.79 Å². The largest absolute Gasteiger partial charge is 0.461 e. The molecule has 0 amide bonds. The second-order valence-corrected chi connectivity index (χ2v) is 3.66. The van der Waals surface area contributed by atoms with Gasteiger partial charge in [0, 0.05) is 6.54 Å². The summed E-state index contributed by atoms with van der Waals surface area (Å²) in [5, 5.41) is 2.95. The average molecular weight is 169 g/mol. The fraction of sp³-hybridized carbons (Fsp3) is 0.889. The van der Waals surface area contributed by atoms with Crippen LogP contribution in [-0.2, 0) is 9.53 Å². The van der Waals surface area contributed by atoms with E-state index in [0.717, 1.165) is 19.4 Å². The molecule has 0 radical (unpaired) electrons. The topological polar surface area (TPSA) is 48.2 Å². The molecule has 1 saturated heterocycles. The number of rotatable bonds is 2. The Morgan fingerprint density at radius 2 is 1.92 bits per heavy atom. The van der Waals surface area contributed by atoms with Crippen LogP contribution < -0.4 is 5.32 Å². The van der Waals surface area contributed by atoms with Crippen LogP contribution in [-0.4, -0.2) is 24.7 Å². The highest BCUT2D eigenvalue weighted by molar-refractivity contribution is 5.79. The molecule has 3 heteroatoms. The number of esters is 1. The van der Waals surface area contributed by atoms with Gasteiger partial charge in [-0.1, -0.05) is 6.42 Å². The molecule has 1 heterocycles. The molecule has 1 aliphatic heterocycles. The van der Waals surface area contributed by atoms with Gasteiger partial charge in [-0.2, -0.15) is 0 Å². The van der Waals surface area contributed by atoms with Gasteiger partial charge in [0.15, 0.2) is 0 Å². The molecule has 3 nitrogen and oxygen atoms in total. The van der Waals surface area contributed by atoms with Crippen LogP contribution in [0.1, 0.15) is 32.1 Å². The van der Waals surface area contributed by atoms with E-state index in [1.165, 1.54) is 19.3 Å². The minimum Gasteiger partial charge on any atom is -0.461 e. The summed E-state index contributed by atoms with van der Waals surface area (Å²) in [6.07, 6.45) is 6.09. The summed E-state index contributed by atoms with van der Waals surface area (Å²) in [4.78, 5) is 11.2. The predicted molar refractivity (Wildman–Crippen MR) is 44.8 cm³/mol. The van der Waals surface area contributed by atoms with E-state index in [1.54, 1.807) is 0 Å². The third kappa shape index (κ3) is 1.97. The van der Waals surface area contributed by atoms with Gasteiger partial charge in [0.1, 0.15) is 12.1 Å². The van der Waals surface area contributed by atoms with Crippen molar-refractivity contribution in [2.24, 2.45) is 0 Å². The third-order valence-electron chi connectivity index (χ3n) is 2.53. The Morgan fingerprint density at radius 1 is 1.25 bits per heavy atom. The van der Waals surface area contributed by atoms with Crippen molar-refractivity contribution in [3.63, 3.8) is 0 Å². The van der Waals surface area contributed by atoms with Gasteiger partial charge in [-0.05, 0) is 25.7 Å². The molecule has 2 rings (SSSR count). The van der Waals surface area contributed by atoms with Gasteiger partial charge in [0.25, 0.3) is 0 Å². The van der Waals surface area contributed by atoms with Crippen molar-refractivity contribution in [2.75, 3.05) is 6.54 Å². The number of nitrogens with one attached hydrogen (secondary N) is 1. The molecule has 1 N–H and O–H groups in total. The number of carbonyl (C=O) groups excluding carboxylic acids is 1. The second kappa shape index (κ2) is 3.44. The molecule has 0 aromatic heterocycles. The van der Waals surface area contributed by atoms with E-state index < -0.39 is 0 Å². The molecular weight excluding hydrogens is 154 g/mol. The molecule has 0 spiro atoms. The first-order chi connectivity index (χ1) is 5.86. The van der Waals surface area contributed by atoms with E-state index in [0.29, 0.717) is 0 Å². The lowest BCUT2D eigenvalue weighted by atomic mass is 9.98. The van der Waals surface area contributed by atoms with Gasteiger partial charge in [-0.15, -0.1) is 0 Å². The SMILES string of the molecule is O=C(OC1CCCCC1)C1CN1. The van der Waals surface area contributed by atoms with Gasteiger partial charge in [-0.25, -0.2) is 0 Å². The summed E-state index contributed by atoms with van der Waals surface area (Å²) in [7, 11) is 0. The Hall–Kier alpha value is -0.570. The maximum Gasteiger partial charge on any atom is 0.324 e. The lowest BCUT2D eigenvalue weighted by Crippen LogP contribution is -2.24. The Morgan fingerprint density at radius 3 is 2.50 bits per heavy atom. The first-order valence-corrected chi connectivity index (χ1v) is 4.80. The fourth-order valence-electron chi connectivity index (χ4n) is 1.65. The molecule has 2 aliphatic rings. The van der Waals surface area contributed by atoms with Crippen molar-refractivity contribution in [1.29, 1.82) is 0 Å². The molecule has 0 aromatic rings. The quantitative estimate of drug-likeness (QED) is 0.492. The standard InChI is InChI=1S/C9H15NO2/c11-9(8-6-10-8)12-7-4-2-1-3-5-7/h7-8,10H,1-6H2. The van der Waals surface area contributed by atoms with Crippen molar-refractivity contribution in [3.05, 3.63) is 0 Å². The van der Waals surface area contributed by atoms with Gasteiger partial charge in [0.05, 0.1) is 0 Å². The molecule has 0 aromatic carbocycles. The van der Waals surface area contributed by atoms with Crippen LogP contribution in [0.25, 0.3) is 0 Å². The monoisotopic (exact) mass is 169 g/mol. The maximum atomic E-state index is 11.2. The molecule has 1 aliphatic carbocycles. The van der Waals surface area contributed by atoms with Crippen LogP contribution in [0.5, 0.6) is 0 Å². The molecule has 1 atom stereocenters. The summed E-state index contributed by atoms with van der Waals surface area (Å²) in [5.41, 5.74) is 0. The second-order valence-electron chi connectivity index (χ2n) is 3.66. The van der Waals surface area contributed by atoms with Crippen LogP contribution in [0.4, 0.5) is 0 Å². The fourth-order valence-corrected chi connectivity index (χ4v) is 1.65. The molecule has 2 fully saturated rings. The first kappa shape index (κ1) is 8.05. The van der Waals surface area contributed by atoms with Crippen LogP contribution >= 0.6 is 0 Å². The van der Waals surface area contributed by atoms with E-state index >= 15 is 0 Å². The van der Waals surface area contributed by atoms with Crippen LogP contribution in [0.15, 0.2) is 0 Å². The summed E-state index contributed by atoms with van der Waals surface area (Å²) < 4.78 is 5.31. The van der Waals surface area contributed by atoms with Gasteiger partial charge in [0.2, 0.25) is 0 Å². The summed E-state index contributed by atoms with van der Waals surface area (Å²) >= 11 is 0. The van der Waals surface area contributed by atoms with Crippen LogP contribution in [0.3, 0.4) is 0 Å². The molecular formula is C9H15NO2. The lowest BCUT2D eigenvalue weighted by Gasteiger charge is -2.21. The van der Waals surface area contributed by atoms with E-state index in [1.807, 2.05) is 0 Å². The molecule has 1 unspecified atom stereocenters. The van der Waals surface area contributed by atoms with E-state index in [4.69, 9.17) is 4.74 Å². The molecule has 12 heavy (non-hydrogen) atoms. The van der Waals surface area contributed by atoms with Crippen molar-refractivity contribution >= 4 is 5.97 Å². The average Bonchev–Trinajstić information content (AvgIpc) is 2.88. The molecule has 1 saturated carbocycles. The summed E-state index contributed by atoms with van der Waals surface area (Å²) in [5.74, 6) is -0.0399. The maximum absolute atomic E-state index is 11.2. The highest BCUT2D eigenvalue weighted by Crippen LogP contribution is 2.21. The Kier molecular flexibility index (Phi) is 2.30. The van der Waals surface area contributed by atoms with Crippen molar-refractivity contribution in [3.8, 4) is 0 Å². The number of hydrogen-bond acceptors (Lipinski definition) is 3. The minimum atomic E-state index is -0.0399. The number of carbonyl (C=O) groups is 1. The first-order valence-electron chi connectivity index (χ1n) is 4.80. The molecule has 68 valence electrons. The van der Waals surface area contributed by atoms with Crippen molar-refractivity contribution < 1.29 is 9.53 Å². The smallest absolute Gasteiger partial charge is 0.324 e. The van der Waals surface area contributed by atoms with Crippen LogP contribution in [0, 0.1) is 0 Å². The summed E-state index contributed by atoms with van der Waals surface area (Å²) in [6.45, 7) is 0.811. The highest BCUT2D eigenvalue weighted by atomic mass is 16.5. The molecule has 0 bridgehead atoms. The minimum absolute atomic E-state index is 0.0203. The van der Waals surface area contributed by atoms with Crippen molar-refractivity contribution in [2.45, 2.75) is 44.2 Å². The zero-order valence-electron chi connectivity index (χ0n) is 7.21. The highest BCUT2D eigenvalue weighted by Gasteiger charge is 2.32. The van der Waals surface area contributed by atoms with Gasteiger partial charge < -0.3 is 10.1 Å². The van der Waals surface area contributed by atoms with Crippen molar-refractivity contribution in [1.82, 2.24) is 5.32 Å².